The highest BCUT2D eigenvalue weighted by molar-refractivity contribution is 7.99. The van der Waals surface area contributed by atoms with Crippen LogP contribution in [0.1, 0.15) is 93.6 Å². The summed E-state index contributed by atoms with van der Waals surface area (Å²) < 4.78 is 23.4. The van der Waals surface area contributed by atoms with Crippen molar-refractivity contribution < 1.29 is 24.0 Å². The molecule has 7 atom stereocenters. The number of halogens is 1. The average Bonchev–Trinajstić information content (AvgIpc) is 3.19. The molecule has 8 nitrogen and oxygen atoms in total. The summed E-state index contributed by atoms with van der Waals surface area (Å²) in [6, 6.07) is 11.8. The summed E-state index contributed by atoms with van der Waals surface area (Å²) in [6.07, 6.45) is 8.08. The second kappa shape index (κ2) is 14.7. The van der Waals surface area contributed by atoms with Crippen LogP contribution < -0.4 is 14.4 Å². The van der Waals surface area contributed by atoms with Gasteiger partial charge in [-0.3, -0.25) is 14.4 Å². The molecule has 4 aliphatic rings. The van der Waals surface area contributed by atoms with E-state index in [2.05, 4.69) is 46.4 Å². The Balaban J connectivity index is 1.42. The quantitative estimate of drug-likeness (QED) is 0.323. The summed E-state index contributed by atoms with van der Waals surface area (Å²) >= 11 is 6.47. The number of aliphatic hydroxyl groups excluding tert-OH is 1. The molecular weight excluding hydrogens is 658 g/mol. The molecule has 2 heterocycles. The van der Waals surface area contributed by atoms with Crippen LogP contribution in [0.25, 0.3) is 0 Å². The molecule has 270 valence electrons. The molecule has 49 heavy (non-hydrogen) atoms. The van der Waals surface area contributed by atoms with E-state index in [-0.39, 0.29) is 40.9 Å². The molecule has 3 N–H and O–H groups in total. The maximum atomic E-state index is 13.9. The number of aliphatic hydroxyl groups is 2. The predicted molar refractivity (Wildman–Crippen MR) is 200 cm³/mol. The smallest absolute Gasteiger partial charge is 0.262 e. The first-order chi connectivity index (χ1) is 23.4. The summed E-state index contributed by atoms with van der Waals surface area (Å²) in [4.78, 5) is 18.3. The summed E-state index contributed by atoms with van der Waals surface area (Å²) in [5.41, 5.74) is 2.66. The Morgan fingerprint density at radius 2 is 1.94 bits per heavy atom. The molecule has 0 radical (unpaired) electrons. The maximum Gasteiger partial charge on any atom is 0.262 e. The van der Waals surface area contributed by atoms with Gasteiger partial charge in [0.1, 0.15) is 5.75 Å². The van der Waals surface area contributed by atoms with Crippen molar-refractivity contribution in [3.05, 3.63) is 58.1 Å². The molecule has 2 aliphatic carbocycles. The third-order valence-corrected chi connectivity index (χ3v) is 14.7. The van der Waals surface area contributed by atoms with Crippen molar-refractivity contribution in [2.75, 3.05) is 50.8 Å². The number of fused-ring (bicyclic) bond motifs is 4. The van der Waals surface area contributed by atoms with Crippen LogP contribution in [-0.2, 0) is 21.5 Å². The fraction of sp³-hybridized carbons (Fsp3) is 0.641. The highest BCUT2D eigenvalue weighted by Crippen LogP contribution is 2.49. The lowest BCUT2D eigenvalue weighted by atomic mass is 9.62. The Bertz CT molecular complexity index is 1610. The monoisotopic (exact) mass is 713 g/mol. The minimum Gasteiger partial charge on any atom is -0.490 e. The third-order valence-electron chi connectivity index (χ3n) is 12.3. The van der Waals surface area contributed by atoms with Crippen LogP contribution in [0.5, 0.6) is 5.75 Å². The summed E-state index contributed by atoms with van der Waals surface area (Å²) in [7, 11) is -2.96. The van der Waals surface area contributed by atoms with Gasteiger partial charge in [0.05, 0.1) is 34.2 Å². The molecular formula is C39H56ClN3O5S. The van der Waals surface area contributed by atoms with Crippen molar-refractivity contribution in [3.8, 4) is 5.75 Å². The topological polar surface area (TPSA) is 102 Å². The number of nitrogens with zero attached hydrogens (tertiary/aromatic N) is 2. The molecule has 1 spiro atoms. The fourth-order valence-electron chi connectivity index (χ4n) is 9.18. The maximum absolute atomic E-state index is 13.9. The molecule has 0 saturated heterocycles. The van der Waals surface area contributed by atoms with Gasteiger partial charge >= 0.3 is 0 Å². The number of hydrogen-bond acceptors (Lipinski definition) is 7. The van der Waals surface area contributed by atoms with Crippen molar-refractivity contribution in [2.45, 2.75) is 94.8 Å². The van der Waals surface area contributed by atoms with Crippen molar-refractivity contribution >= 4 is 38.8 Å². The van der Waals surface area contributed by atoms with E-state index in [9.17, 15) is 19.2 Å². The van der Waals surface area contributed by atoms with Crippen molar-refractivity contribution in [2.24, 2.45) is 17.8 Å². The van der Waals surface area contributed by atoms with Crippen LogP contribution >= 0.6 is 11.6 Å². The summed E-state index contributed by atoms with van der Waals surface area (Å²) in [5.74, 6) is 4.74. The standard InChI is InChI=1S/C39H56ClN3O5S/c1-5-18-42(19-20-44)25-39(46)17-6-8-27(2)28(3)49(4,47)41-37(45)30-11-15-36-35(22-30)43(23-31-10-13-34(31)39)24-38(26-48-36)16-7-9-29-21-32(40)12-14-33(29)38/h11-12,14-15,21-22,27-28,31,34,44,46H,4-10,13,16-20,23-26H2,1-3H3,(H,41,45,47)/t27-,28+,31-,34+,38-,39+,49?/m0/s1. The second-order valence-corrected chi connectivity index (χ2v) is 18.4. The average molecular weight is 714 g/mol. The first-order valence-corrected chi connectivity index (χ1v) is 20.6. The normalized spacial score (nSPS) is 33.5. The number of carbonyl (C=O) groups is 1. The molecule has 2 aromatic rings. The van der Waals surface area contributed by atoms with Gasteiger partial charge in [-0.2, -0.15) is 0 Å². The summed E-state index contributed by atoms with van der Waals surface area (Å²) in [5, 5.41) is 23.0. The zero-order valence-corrected chi connectivity index (χ0v) is 31.2. The zero-order chi connectivity index (χ0) is 35.0. The lowest BCUT2D eigenvalue weighted by molar-refractivity contribution is -0.106. The minimum absolute atomic E-state index is 0.0317. The van der Waals surface area contributed by atoms with Crippen LogP contribution in [0.15, 0.2) is 36.4 Å². The van der Waals surface area contributed by atoms with E-state index >= 15 is 0 Å². The Kier molecular flexibility index (Phi) is 11.0. The van der Waals surface area contributed by atoms with Gasteiger partial charge in [-0.05, 0) is 130 Å². The highest BCUT2D eigenvalue weighted by Gasteiger charge is 2.49. The van der Waals surface area contributed by atoms with E-state index in [1.54, 1.807) is 6.07 Å². The van der Waals surface area contributed by atoms with Gasteiger partial charge in [0.25, 0.3) is 5.91 Å². The molecule has 2 bridgehead atoms. The molecule has 10 heteroatoms. The van der Waals surface area contributed by atoms with Gasteiger partial charge in [-0.25, -0.2) is 4.21 Å². The van der Waals surface area contributed by atoms with Crippen LogP contribution in [0.3, 0.4) is 0 Å². The molecule has 1 fully saturated rings. The number of anilines is 1. The molecule has 2 aliphatic heterocycles. The fourth-order valence-corrected chi connectivity index (χ4v) is 10.9. The molecule has 2 aromatic carbocycles. The van der Waals surface area contributed by atoms with E-state index in [0.717, 1.165) is 80.9 Å². The molecule has 6 rings (SSSR count). The van der Waals surface area contributed by atoms with E-state index in [0.29, 0.717) is 38.2 Å². The largest absolute Gasteiger partial charge is 0.490 e. The first kappa shape index (κ1) is 36.5. The molecule has 1 saturated carbocycles. The van der Waals surface area contributed by atoms with Gasteiger partial charge in [0.2, 0.25) is 0 Å². The van der Waals surface area contributed by atoms with Crippen molar-refractivity contribution in [3.63, 3.8) is 0 Å². The molecule has 1 amide bonds. The number of benzene rings is 2. The van der Waals surface area contributed by atoms with Gasteiger partial charge in [-0.1, -0.05) is 37.9 Å². The molecule has 0 aromatic heterocycles. The first-order valence-electron chi connectivity index (χ1n) is 18.4. The Hall–Kier alpha value is -2.30. The Labute approximate surface area is 298 Å². The number of ether oxygens (including phenoxy) is 1. The second-order valence-electron chi connectivity index (χ2n) is 15.6. The summed E-state index contributed by atoms with van der Waals surface area (Å²) in [6.45, 7) is 10.0. The number of carbonyl (C=O) groups excluding carboxylic acids is 1. The van der Waals surface area contributed by atoms with Crippen molar-refractivity contribution in [1.29, 1.82) is 0 Å². The highest BCUT2D eigenvalue weighted by atomic mass is 35.5. The van der Waals surface area contributed by atoms with Crippen LogP contribution in [0, 0.1) is 17.8 Å². The lowest BCUT2D eigenvalue weighted by Crippen LogP contribution is -2.57. The Morgan fingerprint density at radius 1 is 1.12 bits per heavy atom. The van der Waals surface area contributed by atoms with E-state index < -0.39 is 15.3 Å². The number of nitrogens with one attached hydrogen (secondary N) is 1. The van der Waals surface area contributed by atoms with Crippen LogP contribution in [0.4, 0.5) is 5.69 Å². The van der Waals surface area contributed by atoms with Gasteiger partial charge in [-0.15, -0.1) is 0 Å². The zero-order valence-electron chi connectivity index (χ0n) is 29.6. The van der Waals surface area contributed by atoms with Crippen molar-refractivity contribution in [1.82, 2.24) is 9.62 Å². The SMILES string of the molecule is C=S1(=O)NC(=O)c2ccc3c(c2)N(C[C@@H]2CC[C@H]2[C@](O)(CN(CCC)CCO)CCC[C@H](C)[C@H]1C)C[C@@]1(CCCc2cc(Cl)ccc21)CO3. The van der Waals surface area contributed by atoms with E-state index in [1.165, 1.54) is 11.1 Å². The van der Waals surface area contributed by atoms with Gasteiger partial charge in [0, 0.05) is 47.4 Å². The van der Waals surface area contributed by atoms with Gasteiger partial charge < -0.3 is 19.8 Å². The third kappa shape index (κ3) is 7.52. The number of hydrogen-bond donors (Lipinski definition) is 3. The number of rotatable bonds is 6. The van der Waals surface area contributed by atoms with E-state index in [1.807, 2.05) is 25.1 Å². The van der Waals surface area contributed by atoms with E-state index in [4.69, 9.17) is 16.3 Å². The van der Waals surface area contributed by atoms with Crippen LogP contribution in [-0.4, -0.2) is 87.9 Å². The lowest BCUT2D eigenvalue weighted by Gasteiger charge is -2.51. The van der Waals surface area contributed by atoms with Crippen LogP contribution in [0.2, 0.25) is 5.02 Å². The number of amides is 1. The Morgan fingerprint density at radius 3 is 2.67 bits per heavy atom. The van der Waals surface area contributed by atoms with Gasteiger partial charge in [0.15, 0.2) is 0 Å². The number of aryl methyl sites for hydroxylation is 1. The predicted octanol–water partition coefficient (Wildman–Crippen LogP) is 5.84. The minimum atomic E-state index is -2.96. The molecule has 1 unspecified atom stereocenters.